The number of hydrogen-bond donors (Lipinski definition) is 0. The zero-order valence-electron chi connectivity index (χ0n) is 13.4. The molecule has 22 heavy (non-hydrogen) atoms. The second-order valence-electron chi connectivity index (χ2n) is 6.98. The average Bonchev–Trinajstić information content (AvgIpc) is 3.12. The Labute approximate surface area is 131 Å². The maximum absolute atomic E-state index is 12.7. The van der Waals surface area contributed by atoms with Crippen LogP contribution in [-0.4, -0.2) is 47.8 Å². The summed E-state index contributed by atoms with van der Waals surface area (Å²) in [7, 11) is 0. The van der Waals surface area contributed by atoms with Crippen molar-refractivity contribution in [2.75, 3.05) is 26.2 Å². The standard InChI is InChI=1S/C17H24N2O3/c1-13(2)11-19-9-6-17(16(19)21)4-7-18(8-5-17)15(20)14-3-10-22-12-14/h3,10,12-13H,4-9,11H2,1-2H3. The number of amides is 2. The molecule has 3 heterocycles. The van der Waals surface area contributed by atoms with Gasteiger partial charge in [0, 0.05) is 26.2 Å². The normalized spacial score (nSPS) is 21.1. The van der Waals surface area contributed by atoms with E-state index in [1.165, 1.54) is 12.5 Å². The number of furan rings is 1. The summed E-state index contributed by atoms with van der Waals surface area (Å²) in [6.45, 7) is 7.32. The van der Waals surface area contributed by atoms with Crippen LogP contribution >= 0.6 is 0 Å². The van der Waals surface area contributed by atoms with Gasteiger partial charge in [0.25, 0.3) is 5.91 Å². The molecule has 0 bridgehead atoms. The lowest BCUT2D eigenvalue weighted by Crippen LogP contribution is -2.46. The predicted molar refractivity (Wildman–Crippen MR) is 82.3 cm³/mol. The fourth-order valence-corrected chi connectivity index (χ4v) is 3.68. The van der Waals surface area contributed by atoms with Crippen molar-refractivity contribution < 1.29 is 14.0 Å². The number of likely N-dealkylation sites (tertiary alicyclic amines) is 2. The molecule has 2 aliphatic rings. The number of carbonyl (C=O) groups is 2. The minimum absolute atomic E-state index is 0.00748. The van der Waals surface area contributed by atoms with Gasteiger partial charge < -0.3 is 14.2 Å². The summed E-state index contributed by atoms with van der Waals surface area (Å²) in [4.78, 5) is 28.9. The first-order valence-corrected chi connectivity index (χ1v) is 8.13. The number of rotatable bonds is 3. The highest BCUT2D eigenvalue weighted by molar-refractivity contribution is 5.94. The van der Waals surface area contributed by atoms with Gasteiger partial charge in [-0.1, -0.05) is 13.8 Å². The molecular weight excluding hydrogens is 280 g/mol. The van der Waals surface area contributed by atoms with Gasteiger partial charge >= 0.3 is 0 Å². The smallest absolute Gasteiger partial charge is 0.257 e. The molecule has 2 saturated heterocycles. The third-order valence-corrected chi connectivity index (χ3v) is 4.96. The Morgan fingerprint density at radius 2 is 1.95 bits per heavy atom. The van der Waals surface area contributed by atoms with Crippen molar-refractivity contribution in [2.24, 2.45) is 11.3 Å². The van der Waals surface area contributed by atoms with Crippen molar-refractivity contribution in [2.45, 2.75) is 33.1 Å². The molecule has 1 spiro atoms. The Kier molecular flexibility index (Phi) is 3.98. The number of nitrogens with zero attached hydrogens (tertiary/aromatic N) is 2. The number of piperidine rings is 1. The molecule has 5 heteroatoms. The molecule has 0 aromatic carbocycles. The molecule has 0 unspecified atom stereocenters. The molecule has 1 aromatic rings. The molecule has 0 atom stereocenters. The Morgan fingerprint density at radius 3 is 2.55 bits per heavy atom. The first-order valence-electron chi connectivity index (χ1n) is 8.13. The summed E-state index contributed by atoms with van der Waals surface area (Å²) in [5, 5.41) is 0. The van der Waals surface area contributed by atoms with Crippen molar-refractivity contribution in [3.8, 4) is 0 Å². The summed E-state index contributed by atoms with van der Waals surface area (Å²) in [5.74, 6) is 0.812. The van der Waals surface area contributed by atoms with E-state index < -0.39 is 0 Å². The third kappa shape index (κ3) is 2.64. The van der Waals surface area contributed by atoms with Gasteiger partial charge in [0.05, 0.1) is 17.2 Å². The predicted octanol–water partition coefficient (Wildman–Crippen LogP) is 2.39. The van der Waals surface area contributed by atoms with E-state index in [1.54, 1.807) is 6.07 Å². The molecule has 5 nitrogen and oxygen atoms in total. The van der Waals surface area contributed by atoms with Crippen LogP contribution in [0.25, 0.3) is 0 Å². The fraction of sp³-hybridized carbons (Fsp3) is 0.647. The number of carbonyl (C=O) groups excluding carboxylic acids is 2. The lowest BCUT2D eigenvalue weighted by Gasteiger charge is -2.38. The fourth-order valence-electron chi connectivity index (χ4n) is 3.68. The van der Waals surface area contributed by atoms with Gasteiger partial charge in [-0.05, 0) is 31.2 Å². The molecule has 0 N–H and O–H groups in total. The van der Waals surface area contributed by atoms with Crippen LogP contribution in [0.1, 0.15) is 43.5 Å². The summed E-state index contributed by atoms with van der Waals surface area (Å²) < 4.78 is 4.98. The molecule has 0 saturated carbocycles. The maximum Gasteiger partial charge on any atom is 0.257 e. The van der Waals surface area contributed by atoms with Crippen LogP contribution in [0, 0.1) is 11.3 Å². The van der Waals surface area contributed by atoms with Gasteiger partial charge in [0.1, 0.15) is 6.26 Å². The van der Waals surface area contributed by atoms with Crippen molar-refractivity contribution in [1.29, 1.82) is 0 Å². The average molecular weight is 304 g/mol. The van der Waals surface area contributed by atoms with Gasteiger partial charge in [-0.15, -0.1) is 0 Å². The summed E-state index contributed by atoms with van der Waals surface area (Å²) in [5.41, 5.74) is 0.373. The van der Waals surface area contributed by atoms with Gasteiger partial charge in [0.2, 0.25) is 5.91 Å². The molecule has 2 amide bonds. The first kappa shape index (κ1) is 15.1. The highest BCUT2D eigenvalue weighted by Gasteiger charge is 2.48. The maximum atomic E-state index is 12.7. The second-order valence-corrected chi connectivity index (χ2v) is 6.98. The Bertz CT molecular complexity index is 542. The van der Waals surface area contributed by atoms with E-state index in [-0.39, 0.29) is 11.3 Å². The molecular formula is C17H24N2O3. The van der Waals surface area contributed by atoms with Gasteiger partial charge in [-0.3, -0.25) is 9.59 Å². The summed E-state index contributed by atoms with van der Waals surface area (Å²) in [6, 6.07) is 1.69. The molecule has 0 radical (unpaired) electrons. The number of hydrogen-bond acceptors (Lipinski definition) is 3. The molecule has 120 valence electrons. The molecule has 2 fully saturated rings. The highest BCUT2D eigenvalue weighted by atomic mass is 16.3. The Hall–Kier alpha value is -1.78. The van der Waals surface area contributed by atoms with Crippen molar-refractivity contribution in [1.82, 2.24) is 9.80 Å². The first-order chi connectivity index (χ1) is 10.5. The quantitative estimate of drug-likeness (QED) is 0.861. The van der Waals surface area contributed by atoms with Crippen LogP contribution in [0.15, 0.2) is 23.0 Å². The molecule has 1 aromatic heterocycles. The van der Waals surface area contributed by atoms with Crippen LogP contribution in [0.3, 0.4) is 0 Å². The van der Waals surface area contributed by atoms with E-state index in [0.717, 1.165) is 32.4 Å². The van der Waals surface area contributed by atoms with E-state index in [0.29, 0.717) is 30.5 Å². The zero-order chi connectivity index (χ0) is 15.7. The SMILES string of the molecule is CC(C)CN1CCC2(CCN(C(=O)c3ccoc3)CC2)C1=O. The van der Waals surface area contributed by atoms with Crippen LogP contribution in [0.2, 0.25) is 0 Å². The van der Waals surface area contributed by atoms with E-state index in [1.807, 2.05) is 9.80 Å². The van der Waals surface area contributed by atoms with Crippen LogP contribution in [0.5, 0.6) is 0 Å². The lowest BCUT2D eigenvalue weighted by molar-refractivity contribution is -0.138. The minimum Gasteiger partial charge on any atom is -0.472 e. The molecule has 3 rings (SSSR count). The summed E-state index contributed by atoms with van der Waals surface area (Å²) >= 11 is 0. The Morgan fingerprint density at radius 1 is 1.27 bits per heavy atom. The van der Waals surface area contributed by atoms with E-state index in [2.05, 4.69) is 13.8 Å². The van der Waals surface area contributed by atoms with Crippen LogP contribution in [-0.2, 0) is 4.79 Å². The third-order valence-electron chi connectivity index (χ3n) is 4.96. The Balaban J connectivity index is 1.62. The minimum atomic E-state index is -0.220. The van der Waals surface area contributed by atoms with Crippen molar-refractivity contribution in [3.05, 3.63) is 24.2 Å². The van der Waals surface area contributed by atoms with E-state index in [9.17, 15) is 9.59 Å². The van der Waals surface area contributed by atoms with E-state index in [4.69, 9.17) is 4.42 Å². The van der Waals surface area contributed by atoms with Crippen molar-refractivity contribution >= 4 is 11.8 Å². The van der Waals surface area contributed by atoms with Crippen LogP contribution < -0.4 is 0 Å². The zero-order valence-corrected chi connectivity index (χ0v) is 13.4. The van der Waals surface area contributed by atoms with Crippen molar-refractivity contribution in [3.63, 3.8) is 0 Å². The summed E-state index contributed by atoms with van der Waals surface area (Å²) in [6.07, 6.45) is 5.50. The highest BCUT2D eigenvalue weighted by Crippen LogP contribution is 2.41. The monoisotopic (exact) mass is 304 g/mol. The van der Waals surface area contributed by atoms with Gasteiger partial charge in [0.15, 0.2) is 0 Å². The van der Waals surface area contributed by atoms with E-state index >= 15 is 0 Å². The van der Waals surface area contributed by atoms with Crippen LogP contribution in [0.4, 0.5) is 0 Å². The largest absolute Gasteiger partial charge is 0.472 e. The van der Waals surface area contributed by atoms with Gasteiger partial charge in [-0.25, -0.2) is 0 Å². The van der Waals surface area contributed by atoms with Gasteiger partial charge in [-0.2, -0.15) is 0 Å². The topological polar surface area (TPSA) is 53.8 Å². The molecule has 2 aliphatic heterocycles. The molecule has 0 aliphatic carbocycles. The second kappa shape index (κ2) is 5.78. The lowest BCUT2D eigenvalue weighted by atomic mass is 9.77.